The molecule has 1 fully saturated rings. The van der Waals surface area contributed by atoms with Crippen LogP contribution >= 0.6 is 0 Å². The lowest BCUT2D eigenvalue weighted by molar-refractivity contribution is -0.140. The number of rotatable bonds is 13. The number of unbranched alkanes of at least 4 members (excludes halogenated alkanes) is 1. The van der Waals surface area contributed by atoms with E-state index < -0.39 is 6.10 Å². The summed E-state index contributed by atoms with van der Waals surface area (Å²) < 4.78 is 18.7. The molecule has 1 aliphatic carbocycles. The number of halogens is 1. The number of aliphatic hydroxyl groups excluding tert-OH is 1. The maximum absolute atomic E-state index is 14.0. The normalized spacial score (nSPS) is 25.0. The Kier molecular flexibility index (Phi) is 11.2. The molecule has 1 aliphatic rings. The number of likely N-dealkylation sites (N-methyl/N-ethyl adjacent to an activating group) is 1. The van der Waals surface area contributed by atoms with Crippen LogP contribution in [0.1, 0.15) is 51.0 Å². The maximum atomic E-state index is 14.0. The summed E-state index contributed by atoms with van der Waals surface area (Å²) in [7, 11) is 3.27. The molecule has 1 aromatic rings. The van der Waals surface area contributed by atoms with Gasteiger partial charge in [-0.1, -0.05) is 42.5 Å². The number of hydroxylamine groups is 1. The number of esters is 1. The van der Waals surface area contributed by atoms with Gasteiger partial charge in [-0.15, -0.1) is 0 Å². The van der Waals surface area contributed by atoms with Gasteiger partial charge in [-0.2, -0.15) is 0 Å². The van der Waals surface area contributed by atoms with Gasteiger partial charge in [-0.3, -0.25) is 4.79 Å². The Morgan fingerprint density at radius 2 is 2.09 bits per heavy atom. The molecule has 0 radical (unpaired) electrons. The van der Waals surface area contributed by atoms with Gasteiger partial charge in [0.1, 0.15) is 5.82 Å². The molecule has 1 aromatic carbocycles. The van der Waals surface area contributed by atoms with Gasteiger partial charge in [0.05, 0.1) is 13.2 Å². The first-order valence-electron chi connectivity index (χ1n) is 11.7. The molecule has 4 N–H and O–H groups in total. The second-order valence-electron chi connectivity index (χ2n) is 9.07. The van der Waals surface area contributed by atoms with Crippen LogP contribution in [0.3, 0.4) is 0 Å². The minimum Gasteiger partial charge on any atom is -0.469 e. The summed E-state index contributed by atoms with van der Waals surface area (Å²) in [5, 5.41) is 23.6. The third-order valence-corrected chi connectivity index (χ3v) is 6.80. The third kappa shape index (κ3) is 8.34. The molecule has 184 valence electrons. The molecule has 0 amide bonds. The number of allylic oxidation sites excluding steroid dienone is 2. The molecule has 0 aromatic heterocycles. The van der Waals surface area contributed by atoms with E-state index in [0.717, 1.165) is 12.8 Å². The molecular weight excluding hydrogens is 423 g/mol. The number of ether oxygens (including phenoxy) is 1. The molecule has 5 atom stereocenters. The van der Waals surface area contributed by atoms with E-state index in [1.807, 2.05) is 31.3 Å². The molecular formula is C26H39FN2O4. The highest BCUT2D eigenvalue weighted by Gasteiger charge is 2.40. The smallest absolute Gasteiger partial charge is 0.305 e. The molecule has 1 saturated carbocycles. The van der Waals surface area contributed by atoms with Gasteiger partial charge >= 0.3 is 5.97 Å². The van der Waals surface area contributed by atoms with E-state index >= 15 is 0 Å². The van der Waals surface area contributed by atoms with Crippen LogP contribution < -0.4 is 10.8 Å². The number of nitrogens with one attached hydrogen (secondary N) is 2. The predicted octanol–water partition coefficient (Wildman–Crippen LogP) is 3.93. The number of carbonyl (C=O) groups is 1. The maximum Gasteiger partial charge on any atom is 0.305 e. The van der Waals surface area contributed by atoms with Gasteiger partial charge in [-0.05, 0) is 70.0 Å². The summed E-state index contributed by atoms with van der Waals surface area (Å²) in [6.07, 6.45) is 12.0. The second kappa shape index (κ2) is 13.6. The van der Waals surface area contributed by atoms with E-state index in [2.05, 4.69) is 34.6 Å². The highest BCUT2D eigenvalue weighted by molar-refractivity contribution is 5.69. The van der Waals surface area contributed by atoms with E-state index in [0.29, 0.717) is 37.7 Å². The van der Waals surface area contributed by atoms with Crippen molar-refractivity contribution in [3.63, 3.8) is 0 Å². The van der Waals surface area contributed by atoms with E-state index in [4.69, 9.17) is 0 Å². The first-order valence-corrected chi connectivity index (χ1v) is 11.7. The zero-order valence-corrected chi connectivity index (χ0v) is 20.0. The number of aliphatic hydroxyl groups is 1. The van der Waals surface area contributed by atoms with E-state index in [1.165, 1.54) is 13.2 Å². The lowest BCUT2D eigenvalue weighted by Crippen LogP contribution is -2.39. The summed E-state index contributed by atoms with van der Waals surface area (Å²) in [6.45, 7) is 2.06. The Morgan fingerprint density at radius 1 is 1.33 bits per heavy atom. The molecule has 33 heavy (non-hydrogen) atoms. The molecule has 6 nitrogen and oxygen atoms in total. The van der Waals surface area contributed by atoms with Crippen molar-refractivity contribution in [3.8, 4) is 0 Å². The minimum atomic E-state index is -0.525. The van der Waals surface area contributed by atoms with Crippen molar-refractivity contribution < 1.29 is 24.2 Å². The fourth-order valence-electron chi connectivity index (χ4n) is 4.42. The highest BCUT2D eigenvalue weighted by Crippen LogP contribution is 2.37. The summed E-state index contributed by atoms with van der Waals surface area (Å²) >= 11 is 0. The van der Waals surface area contributed by atoms with E-state index in [9.17, 15) is 19.5 Å². The van der Waals surface area contributed by atoms with Crippen molar-refractivity contribution >= 4 is 5.97 Å². The summed E-state index contributed by atoms with van der Waals surface area (Å²) in [5.74, 6) is -0.484. The Labute approximate surface area is 196 Å². The monoisotopic (exact) mass is 462 g/mol. The molecule has 0 saturated heterocycles. The van der Waals surface area contributed by atoms with Gasteiger partial charge in [0.25, 0.3) is 0 Å². The zero-order chi connectivity index (χ0) is 24.3. The van der Waals surface area contributed by atoms with Gasteiger partial charge < -0.3 is 20.4 Å². The average Bonchev–Trinajstić information content (AvgIpc) is 3.13. The predicted molar refractivity (Wildman–Crippen MR) is 127 cm³/mol. The molecule has 7 heteroatoms. The molecule has 0 bridgehead atoms. The lowest BCUT2D eigenvalue weighted by atomic mass is 9.86. The largest absolute Gasteiger partial charge is 0.469 e. The van der Waals surface area contributed by atoms with E-state index in [1.54, 1.807) is 6.07 Å². The van der Waals surface area contributed by atoms with Crippen molar-refractivity contribution in [1.82, 2.24) is 10.8 Å². The van der Waals surface area contributed by atoms with E-state index in [-0.39, 0.29) is 35.2 Å². The SMILES string of the molecule is CNC(C)(C=CC1C(NO)CC(O)C1CC=CCCCC(=O)OC)CCc1ccccc1F. The molecule has 5 unspecified atom stereocenters. The first kappa shape index (κ1) is 27.2. The second-order valence-corrected chi connectivity index (χ2v) is 9.07. The van der Waals surface area contributed by atoms with Crippen molar-refractivity contribution in [1.29, 1.82) is 0 Å². The van der Waals surface area contributed by atoms with Gasteiger partial charge in [0, 0.05) is 23.9 Å². The average molecular weight is 463 g/mol. The Balaban J connectivity index is 2.00. The molecule has 2 rings (SSSR count). The van der Waals surface area contributed by atoms with Crippen molar-refractivity contribution in [3.05, 3.63) is 60.0 Å². The number of hydrogen-bond acceptors (Lipinski definition) is 6. The number of carbonyl (C=O) groups excluding carboxylic acids is 1. The molecule has 0 aliphatic heterocycles. The topological polar surface area (TPSA) is 90.8 Å². The van der Waals surface area contributed by atoms with Gasteiger partial charge in [-0.25, -0.2) is 9.87 Å². The molecule has 0 spiro atoms. The van der Waals surface area contributed by atoms with Crippen LogP contribution in [0.4, 0.5) is 4.39 Å². The number of benzene rings is 1. The number of aryl methyl sites for hydroxylation is 1. The van der Waals surface area contributed by atoms with Crippen LogP contribution in [-0.4, -0.2) is 48.1 Å². The summed E-state index contributed by atoms with van der Waals surface area (Å²) in [5.41, 5.74) is 2.70. The van der Waals surface area contributed by atoms with Crippen LogP contribution in [-0.2, 0) is 16.0 Å². The zero-order valence-electron chi connectivity index (χ0n) is 20.0. The van der Waals surface area contributed by atoms with Crippen molar-refractivity contribution in [2.45, 2.75) is 69.6 Å². The fraction of sp³-hybridized carbons (Fsp3) is 0.577. The van der Waals surface area contributed by atoms with Crippen LogP contribution in [0.2, 0.25) is 0 Å². The minimum absolute atomic E-state index is 0.0320. The van der Waals surface area contributed by atoms with Crippen molar-refractivity contribution in [2.75, 3.05) is 14.2 Å². The number of hydrogen-bond donors (Lipinski definition) is 4. The summed E-state index contributed by atoms with van der Waals surface area (Å²) in [6, 6.07) is 6.59. The Hall–Kier alpha value is -2.06. The van der Waals surface area contributed by atoms with Crippen LogP contribution in [0, 0.1) is 17.7 Å². The van der Waals surface area contributed by atoms with Gasteiger partial charge in [0.15, 0.2) is 0 Å². The lowest BCUT2D eigenvalue weighted by Gasteiger charge is -2.28. The van der Waals surface area contributed by atoms with Crippen molar-refractivity contribution in [2.24, 2.45) is 11.8 Å². The van der Waals surface area contributed by atoms with Crippen LogP contribution in [0.15, 0.2) is 48.6 Å². The fourth-order valence-corrected chi connectivity index (χ4v) is 4.42. The third-order valence-electron chi connectivity index (χ3n) is 6.80. The highest BCUT2D eigenvalue weighted by atomic mass is 19.1. The Morgan fingerprint density at radius 3 is 2.76 bits per heavy atom. The summed E-state index contributed by atoms with van der Waals surface area (Å²) in [4.78, 5) is 11.2. The molecule has 0 heterocycles. The van der Waals surface area contributed by atoms with Crippen LogP contribution in [0.25, 0.3) is 0 Å². The van der Waals surface area contributed by atoms with Crippen LogP contribution in [0.5, 0.6) is 0 Å². The first-order chi connectivity index (χ1) is 15.8. The number of methoxy groups -OCH3 is 1. The standard InChI is InChI=1S/C26H39FN2O4/c1-26(28-2,16-14-19-10-8-9-12-22(19)27)17-15-20-21(24(30)18-23(20)29-32)11-6-4-5-7-13-25(31)33-3/h4,6,8-10,12,15,17,20-21,23-24,28-30,32H,5,7,11,13-14,16,18H2,1-3H3. The Bertz CT molecular complexity index is 800. The van der Waals surface area contributed by atoms with Gasteiger partial charge in [0.2, 0.25) is 0 Å². The quantitative estimate of drug-likeness (QED) is 0.154.